The number of hydrogen-bond acceptors (Lipinski definition) is 4. The Hall–Kier alpha value is -3.01. The number of amides is 2. The minimum Gasteiger partial charge on any atom is -0.483 e. The van der Waals surface area contributed by atoms with E-state index in [1.54, 1.807) is 52.0 Å². The minimum absolute atomic E-state index is 0.0512. The van der Waals surface area contributed by atoms with Gasteiger partial charge in [-0.05, 0) is 57.5 Å². The molecule has 0 aliphatic rings. The third-order valence-electron chi connectivity index (χ3n) is 4.86. The molecule has 2 amide bonds. The van der Waals surface area contributed by atoms with E-state index in [1.807, 2.05) is 0 Å². The van der Waals surface area contributed by atoms with Crippen LogP contribution >= 0.6 is 11.6 Å². The Labute approximate surface area is 200 Å². The molecule has 1 aromatic carbocycles. The monoisotopic (exact) mass is 501 g/mol. The number of alkyl halides is 3. The van der Waals surface area contributed by atoms with Gasteiger partial charge in [0.2, 0.25) is 5.91 Å². The van der Waals surface area contributed by atoms with E-state index in [1.165, 1.54) is 17.0 Å². The summed E-state index contributed by atoms with van der Waals surface area (Å²) >= 11 is 5.96. The van der Waals surface area contributed by atoms with Crippen molar-refractivity contribution < 1.29 is 32.6 Å². The molecule has 0 aliphatic heterocycles. The molecular formula is C23H27ClF3N3O4. The van der Waals surface area contributed by atoms with Crippen LogP contribution in [0.2, 0.25) is 5.02 Å². The largest absolute Gasteiger partial charge is 0.483 e. The lowest BCUT2D eigenvalue weighted by molar-refractivity contribution is -0.153. The summed E-state index contributed by atoms with van der Waals surface area (Å²) in [5, 5.41) is 13.1. The first-order valence-electron chi connectivity index (χ1n) is 10.4. The highest BCUT2D eigenvalue weighted by atomic mass is 35.5. The zero-order valence-corrected chi connectivity index (χ0v) is 19.9. The molecular weight excluding hydrogens is 475 g/mol. The number of halogens is 4. The molecule has 11 heteroatoms. The number of hydrogen-bond donors (Lipinski definition) is 2. The molecule has 0 unspecified atom stereocenters. The van der Waals surface area contributed by atoms with Gasteiger partial charge in [-0.3, -0.25) is 14.7 Å². The highest BCUT2D eigenvalue weighted by Crippen LogP contribution is 2.32. The molecule has 2 N–H and O–H groups in total. The summed E-state index contributed by atoms with van der Waals surface area (Å²) < 4.78 is 41.5. The average molecular weight is 502 g/mol. The maximum absolute atomic E-state index is 12.9. The number of carboxylic acid groups (broad SMARTS) is 1. The van der Waals surface area contributed by atoms with Gasteiger partial charge in [0.15, 0.2) is 6.61 Å². The van der Waals surface area contributed by atoms with Crippen molar-refractivity contribution in [1.82, 2.24) is 15.2 Å². The van der Waals surface area contributed by atoms with E-state index < -0.39 is 42.4 Å². The smallest absolute Gasteiger partial charge is 0.422 e. The first-order valence-corrected chi connectivity index (χ1v) is 10.8. The molecule has 2 rings (SSSR count). The van der Waals surface area contributed by atoms with Gasteiger partial charge in [0.05, 0.1) is 30.4 Å². The Morgan fingerprint density at radius 2 is 1.76 bits per heavy atom. The van der Waals surface area contributed by atoms with Crippen molar-refractivity contribution in [3.05, 3.63) is 58.9 Å². The van der Waals surface area contributed by atoms with Crippen molar-refractivity contribution in [3.63, 3.8) is 0 Å². The number of rotatable bonds is 8. The predicted molar refractivity (Wildman–Crippen MR) is 121 cm³/mol. The van der Waals surface area contributed by atoms with Gasteiger partial charge in [-0.2, -0.15) is 13.2 Å². The van der Waals surface area contributed by atoms with E-state index in [0.717, 1.165) is 6.20 Å². The number of pyridine rings is 1. The average Bonchev–Trinajstić information content (AvgIpc) is 2.71. The van der Waals surface area contributed by atoms with E-state index >= 15 is 0 Å². The number of aromatic nitrogens is 1. The lowest BCUT2D eigenvalue weighted by Gasteiger charge is -2.39. The summed E-state index contributed by atoms with van der Waals surface area (Å²) in [7, 11) is 0. The van der Waals surface area contributed by atoms with Crippen LogP contribution in [0.4, 0.5) is 18.0 Å². The molecule has 186 valence electrons. The fraction of sp³-hybridized carbons (Fsp3) is 0.435. The van der Waals surface area contributed by atoms with Crippen molar-refractivity contribution in [2.45, 2.75) is 57.9 Å². The normalized spacial score (nSPS) is 13.6. The van der Waals surface area contributed by atoms with E-state index in [9.17, 15) is 27.9 Å². The number of carbonyl (C=O) groups excluding carboxylic acids is 1. The molecule has 0 radical (unpaired) electrons. The summed E-state index contributed by atoms with van der Waals surface area (Å²) in [5.41, 5.74) is 0.214. The zero-order valence-electron chi connectivity index (χ0n) is 19.2. The molecule has 34 heavy (non-hydrogen) atoms. The molecule has 0 saturated carbocycles. The van der Waals surface area contributed by atoms with Gasteiger partial charge < -0.3 is 15.2 Å². The molecule has 0 bridgehead atoms. The highest BCUT2D eigenvalue weighted by Gasteiger charge is 2.35. The van der Waals surface area contributed by atoms with Gasteiger partial charge in [-0.25, -0.2) is 4.79 Å². The summed E-state index contributed by atoms with van der Waals surface area (Å²) in [6.45, 7) is 5.43. The second-order valence-corrected chi connectivity index (χ2v) is 9.14. The molecule has 1 heterocycles. The van der Waals surface area contributed by atoms with Gasteiger partial charge in [0.25, 0.3) is 0 Å². The third-order valence-corrected chi connectivity index (χ3v) is 5.11. The lowest BCUT2D eigenvalue weighted by atomic mass is 9.95. The molecule has 0 aliphatic carbocycles. The van der Waals surface area contributed by atoms with Gasteiger partial charge in [0, 0.05) is 10.6 Å². The molecule has 0 spiro atoms. The summed E-state index contributed by atoms with van der Waals surface area (Å²) in [4.78, 5) is 30.2. The van der Waals surface area contributed by atoms with Gasteiger partial charge in [-0.1, -0.05) is 23.7 Å². The number of nitrogens with one attached hydrogen (secondary N) is 1. The Bertz CT molecular complexity index is 977. The molecule has 0 fully saturated rings. The van der Waals surface area contributed by atoms with Crippen LogP contribution in [0.15, 0.2) is 42.6 Å². The second-order valence-electron chi connectivity index (χ2n) is 8.71. The molecule has 7 nitrogen and oxygen atoms in total. The van der Waals surface area contributed by atoms with E-state index in [2.05, 4.69) is 15.0 Å². The van der Waals surface area contributed by atoms with Crippen LogP contribution in [0, 0.1) is 0 Å². The lowest BCUT2D eigenvalue weighted by Crippen LogP contribution is -2.48. The van der Waals surface area contributed by atoms with Crippen LogP contribution in [0.5, 0.6) is 5.75 Å². The van der Waals surface area contributed by atoms with Crippen molar-refractivity contribution in [3.8, 4) is 5.75 Å². The number of nitrogens with zero attached hydrogens (tertiary/aromatic N) is 2. The summed E-state index contributed by atoms with van der Waals surface area (Å²) in [6.07, 6.45) is -4.66. The standard InChI is InChI=1S/C23H27ClF3N3O4/c1-14(18-10-9-17(12-28-18)34-13-23(25,26)27)29-20(31)11-19(15-5-7-16(24)8-6-15)30(21(32)33)22(2,3)4/h5-10,12,14,19H,11,13H2,1-4H3,(H,29,31)(H,32,33)/t14-,19+/m1/s1. The SMILES string of the molecule is C[C@@H](NC(=O)C[C@@H](c1ccc(Cl)cc1)N(C(=O)O)C(C)(C)C)c1ccc(OCC(F)(F)F)cn1. The van der Waals surface area contributed by atoms with Gasteiger partial charge in [0.1, 0.15) is 5.75 Å². The van der Waals surface area contributed by atoms with Crippen LogP contribution in [-0.4, -0.2) is 45.3 Å². The van der Waals surface area contributed by atoms with E-state index in [4.69, 9.17) is 11.6 Å². The fourth-order valence-corrected chi connectivity index (χ4v) is 3.51. The van der Waals surface area contributed by atoms with Crippen molar-refractivity contribution in [2.75, 3.05) is 6.61 Å². The second kappa shape index (κ2) is 10.9. The molecule has 2 aromatic rings. The Morgan fingerprint density at radius 3 is 2.24 bits per heavy atom. The topological polar surface area (TPSA) is 91.8 Å². The van der Waals surface area contributed by atoms with E-state index in [-0.39, 0.29) is 12.2 Å². The van der Waals surface area contributed by atoms with E-state index in [0.29, 0.717) is 16.3 Å². The quantitative estimate of drug-likeness (QED) is 0.479. The molecule has 0 saturated heterocycles. The first kappa shape index (κ1) is 27.2. The number of carbonyl (C=O) groups is 2. The maximum Gasteiger partial charge on any atom is 0.422 e. The summed E-state index contributed by atoms with van der Waals surface area (Å²) in [5.74, 6) is -0.480. The summed E-state index contributed by atoms with van der Waals surface area (Å²) in [6, 6.07) is 8.01. The maximum atomic E-state index is 12.9. The minimum atomic E-state index is -4.46. The van der Waals surface area contributed by atoms with Crippen LogP contribution in [0.25, 0.3) is 0 Å². The molecule has 1 aromatic heterocycles. The van der Waals surface area contributed by atoms with Gasteiger partial charge >= 0.3 is 12.3 Å². The van der Waals surface area contributed by atoms with Crippen LogP contribution < -0.4 is 10.1 Å². The first-order chi connectivity index (χ1) is 15.7. The predicted octanol–water partition coefficient (Wildman–Crippen LogP) is 5.76. The Morgan fingerprint density at radius 1 is 1.15 bits per heavy atom. The van der Waals surface area contributed by atoms with Gasteiger partial charge in [-0.15, -0.1) is 0 Å². The van der Waals surface area contributed by atoms with Crippen LogP contribution in [0.3, 0.4) is 0 Å². The van der Waals surface area contributed by atoms with Crippen molar-refractivity contribution in [1.29, 1.82) is 0 Å². The molecule has 2 atom stereocenters. The Balaban J connectivity index is 2.15. The Kier molecular flexibility index (Phi) is 8.77. The zero-order chi connectivity index (χ0) is 25.7. The third kappa shape index (κ3) is 8.09. The number of benzene rings is 1. The van der Waals surface area contributed by atoms with Crippen LogP contribution in [0.1, 0.15) is 57.5 Å². The van der Waals surface area contributed by atoms with Crippen molar-refractivity contribution >= 4 is 23.6 Å². The van der Waals surface area contributed by atoms with Crippen LogP contribution in [-0.2, 0) is 4.79 Å². The fourth-order valence-electron chi connectivity index (χ4n) is 3.38. The van der Waals surface area contributed by atoms with Crippen molar-refractivity contribution in [2.24, 2.45) is 0 Å². The highest BCUT2D eigenvalue weighted by molar-refractivity contribution is 6.30. The number of ether oxygens (including phenoxy) is 1.